The number of unbranched alkanes of at least 4 members (excludes halogenated alkanes) is 2. The van der Waals surface area contributed by atoms with E-state index < -0.39 is 40.7 Å². The molecule has 2 nitrogen and oxygen atoms in total. The summed E-state index contributed by atoms with van der Waals surface area (Å²) in [6.07, 6.45) is 4.16. The van der Waals surface area contributed by atoms with Gasteiger partial charge in [-0.3, -0.25) is 4.90 Å². The van der Waals surface area contributed by atoms with Crippen molar-refractivity contribution in [1.29, 1.82) is 0 Å². The Balaban J connectivity index is 0.00000312. The van der Waals surface area contributed by atoms with Crippen molar-refractivity contribution in [2.45, 2.75) is 31.7 Å². The lowest BCUT2D eigenvalue weighted by atomic mass is 9.96. The topological polar surface area (TPSA) is 15.3 Å². The van der Waals surface area contributed by atoms with Crippen LogP contribution >= 0.6 is 12.4 Å². The van der Waals surface area contributed by atoms with Crippen LogP contribution in [0.15, 0.2) is 12.7 Å². The normalized spacial score (nSPS) is 16.4. The second-order valence-electron chi connectivity index (χ2n) is 5.86. The molecule has 0 spiro atoms. The molecule has 2 rings (SSSR count). The van der Waals surface area contributed by atoms with Gasteiger partial charge in [-0.1, -0.05) is 12.5 Å². The van der Waals surface area contributed by atoms with Crippen molar-refractivity contribution in [1.82, 2.24) is 10.2 Å². The number of nitrogens with zero attached hydrogens (tertiary/aromatic N) is 1. The number of piperazine rings is 1. The number of rotatable bonds is 7. The third-order valence-corrected chi connectivity index (χ3v) is 4.31. The van der Waals surface area contributed by atoms with Crippen molar-refractivity contribution in [2.24, 2.45) is 0 Å². The largest absolute Gasteiger partial charge is 0.314 e. The van der Waals surface area contributed by atoms with Crippen LogP contribution in [0.3, 0.4) is 0 Å². The lowest BCUT2D eigenvalue weighted by Gasteiger charge is -2.35. The smallest absolute Gasteiger partial charge is 0.200 e. The minimum atomic E-state index is -2.11. The summed E-state index contributed by atoms with van der Waals surface area (Å²) in [5.74, 6) is -9.32. The zero-order valence-electron chi connectivity index (χ0n) is 13.8. The van der Waals surface area contributed by atoms with Gasteiger partial charge in [0, 0.05) is 37.8 Å². The highest BCUT2D eigenvalue weighted by Gasteiger charge is 2.33. The van der Waals surface area contributed by atoms with Crippen LogP contribution in [0, 0.1) is 29.1 Å². The molecule has 0 aliphatic carbocycles. The maximum atomic E-state index is 14.2. The first-order valence-electron chi connectivity index (χ1n) is 8.06. The highest BCUT2D eigenvalue weighted by Crippen LogP contribution is 2.34. The molecule has 1 saturated heterocycles. The number of halogens is 6. The molecule has 0 aromatic heterocycles. The molecule has 1 fully saturated rings. The molecule has 0 saturated carbocycles. The molecule has 8 heteroatoms. The van der Waals surface area contributed by atoms with E-state index in [0.29, 0.717) is 39.0 Å². The molecule has 0 bridgehead atoms. The first-order valence-corrected chi connectivity index (χ1v) is 8.06. The summed E-state index contributed by atoms with van der Waals surface area (Å²) in [7, 11) is 0. The molecule has 1 aliphatic rings. The summed E-state index contributed by atoms with van der Waals surface area (Å²) >= 11 is 0. The van der Waals surface area contributed by atoms with Gasteiger partial charge in [0.25, 0.3) is 0 Å². The van der Waals surface area contributed by atoms with Gasteiger partial charge in [0.2, 0.25) is 5.82 Å². The Morgan fingerprint density at radius 2 is 1.44 bits per heavy atom. The van der Waals surface area contributed by atoms with Crippen molar-refractivity contribution in [3.8, 4) is 0 Å². The summed E-state index contributed by atoms with van der Waals surface area (Å²) in [6, 6.07) is -0.832. The van der Waals surface area contributed by atoms with Gasteiger partial charge in [0.05, 0.1) is 0 Å². The van der Waals surface area contributed by atoms with Crippen molar-refractivity contribution in [2.75, 3.05) is 26.2 Å². The van der Waals surface area contributed by atoms with E-state index in [1.807, 2.05) is 0 Å². The minimum absolute atomic E-state index is 0. The Hall–Kier alpha value is -1.18. The van der Waals surface area contributed by atoms with Crippen molar-refractivity contribution < 1.29 is 22.0 Å². The highest BCUT2D eigenvalue weighted by molar-refractivity contribution is 5.85. The van der Waals surface area contributed by atoms with E-state index in [1.165, 1.54) is 0 Å². The second-order valence-corrected chi connectivity index (χ2v) is 5.86. The van der Waals surface area contributed by atoms with Gasteiger partial charge in [-0.25, -0.2) is 22.0 Å². The molecule has 1 aromatic carbocycles. The standard InChI is InChI=1S/C17H21F5N2.ClH/c1-2-3-4-5-6-11(24-9-7-23-8-10-24)12-13(18)15(20)17(22)16(21)14(12)19;/h2,11,23H,1,3-10H2;1H/t11-;/m1./s1. The van der Waals surface area contributed by atoms with Gasteiger partial charge in [-0.15, -0.1) is 19.0 Å². The number of benzene rings is 1. The van der Waals surface area contributed by atoms with Crippen LogP contribution in [0.1, 0.15) is 37.3 Å². The third-order valence-electron chi connectivity index (χ3n) is 4.31. The van der Waals surface area contributed by atoms with Gasteiger partial charge in [-0.05, 0) is 19.3 Å². The predicted molar refractivity (Wildman–Crippen MR) is 89.3 cm³/mol. The SMILES string of the molecule is C=CCCCC[C@H](c1c(F)c(F)c(F)c(F)c1F)N1CCNCC1.Cl. The van der Waals surface area contributed by atoms with Crippen LogP contribution in [-0.2, 0) is 0 Å². The molecule has 1 atom stereocenters. The summed E-state index contributed by atoms with van der Waals surface area (Å²) in [6.45, 7) is 5.81. The predicted octanol–water partition coefficient (Wildman–Crippen LogP) is 4.50. The zero-order valence-corrected chi connectivity index (χ0v) is 14.6. The lowest BCUT2D eigenvalue weighted by molar-refractivity contribution is 0.153. The highest BCUT2D eigenvalue weighted by atomic mass is 35.5. The van der Waals surface area contributed by atoms with Crippen LogP contribution in [0.25, 0.3) is 0 Å². The number of hydrogen-bond donors (Lipinski definition) is 1. The van der Waals surface area contributed by atoms with Gasteiger partial charge in [-0.2, -0.15) is 0 Å². The van der Waals surface area contributed by atoms with E-state index in [0.717, 1.165) is 12.8 Å². The second kappa shape index (κ2) is 10.1. The number of allylic oxidation sites excluding steroid dienone is 1. The number of nitrogens with one attached hydrogen (secondary N) is 1. The maximum Gasteiger partial charge on any atom is 0.200 e. The van der Waals surface area contributed by atoms with Gasteiger partial charge < -0.3 is 5.32 Å². The average molecular weight is 385 g/mol. The molecule has 1 N–H and O–H groups in total. The Kier molecular flexibility index (Phi) is 8.82. The van der Waals surface area contributed by atoms with Crippen LogP contribution in [0.2, 0.25) is 0 Å². The Bertz CT molecular complexity index is 562. The minimum Gasteiger partial charge on any atom is -0.314 e. The molecule has 1 aromatic rings. The van der Waals surface area contributed by atoms with Crippen LogP contribution in [0.5, 0.6) is 0 Å². The molecule has 1 heterocycles. The molecule has 0 amide bonds. The molecular formula is C17H22ClF5N2. The van der Waals surface area contributed by atoms with E-state index in [1.54, 1.807) is 11.0 Å². The Morgan fingerprint density at radius 3 is 1.96 bits per heavy atom. The van der Waals surface area contributed by atoms with E-state index in [2.05, 4.69) is 11.9 Å². The fourth-order valence-corrected chi connectivity index (χ4v) is 3.04. The van der Waals surface area contributed by atoms with Crippen LogP contribution in [-0.4, -0.2) is 31.1 Å². The zero-order chi connectivity index (χ0) is 17.7. The Morgan fingerprint density at radius 1 is 0.920 bits per heavy atom. The van der Waals surface area contributed by atoms with Crippen molar-refractivity contribution in [3.05, 3.63) is 47.3 Å². The van der Waals surface area contributed by atoms with Crippen molar-refractivity contribution >= 4 is 12.4 Å². The van der Waals surface area contributed by atoms with Crippen LogP contribution in [0.4, 0.5) is 22.0 Å². The molecule has 0 radical (unpaired) electrons. The van der Waals surface area contributed by atoms with Gasteiger partial charge in [0.1, 0.15) is 0 Å². The fourth-order valence-electron chi connectivity index (χ4n) is 3.04. The Labute approximate surface area is 150 Å². The molecule has 25 heavy (non-hydrogen) atoms. The maximum absolute atomic E-state index is 14.2. The molecule has 0 unspecified atom stereocenters. The fraction of sp³-hybridized carbons (Fsp3) is 0.529. The summed E-state index contributed by atoms with van der Waals surface area (Å²) in [5.41, 5.74) is -0.716. The molecule has 142 valence electrons. The first kappa shape index (κ1) is 21.9. The van der Waals surface area contributed by atoms with Gasteiger partial charge >= 0.3 is 0 Å². The first-order chi connectivity index (χ1) is 11.5. The van der Waals surface area contributed by atoms with Crippen molar-refractivity contribution in [3.63, 3.8) is 0 Å². The van der Waals surface area contributed by atoms with E-state index in [-0.39, 0.29) is 12.4 Å². The van der Waals surface area contributed by atoms with Gasteiger partial charge in [0.15, 0.2) is 23.3 Å². The van der Waals surface area contributed by atoms with E-state index in [9.17, 15) is 22.0 Å². The quantitative estimate of drug-likeness (QED) is 0.245. The summed E-state index contributed by atoms with van der Waals surface area (Å²) < 4.78 is 68.8. The molecular weight excluding hydrogens is 363 g/mol. The third kappa shape index (κ3) is 4.92. The molecule has 1 aliphatic heterocycles. The number of hydrogen-bond acceptors (Lipinski definition) is 2. The van der Waals surface area contributed by atoms with E-state index >= 15 is 0 Å². The lowest BCUT2D eigenvalue weighted by Crippen LogP contribution is -2.45. The average Bonchev–Trinajstić information content (AvgIpc) is 2.61. The van der Waals surface area contributed by atoms with Crippen LogP contribution < -0.4 is 5.32 Å². The summed E-state index contributed by atoms with van der Waals surface area (Å²) in [4.78, 5) is 1.78. The monoisotopic (exact) mass is 384 g/mol. The van der Waals surface area contributed by atoms with E-state index in [4.69, 9.17) is 0 Å². The summed E-state index contributed by atoms with van der Waals surface area (Å²) in [5, 5.41) is 3.11.